The first-order valence-electron chi connectivity index (χ1n) is 13.5. The maximum Gasteiger partial charge on any atom is 0.306 e. The van der Waals surface area contributed by atoms with Crippen molar-refractivity contribution in [1.82, 2.24) is 14.9 Å². The Labute approximate surface area is 227 Å². The van der Waals surface area contributed by atoms with Gasteiger partial charge in [0.2, 0.25) is 0 Å². The summed E-state index contributed by atoms with van der Waals surface area (Å²) in [5, 5.41) is 9.26. The topological polar surface area (TPSA) is 83.4 Å². The van der Waals surface area contributed by atoms with Crippen LogP contribution in [0.3, 0.4) is 0 Å². The Hall–Kier alpha value is -4.13. The maximum atomic E-state index is 13.4. The van der Waals surface area contributed by atoms with E-state index in [0.717, 1.165) is 17.7 Å². The molecule has 0 radical (unpaired) electrons. The van der Waals surface area contributed by atoms with E-state index in [1.165, 1.54) is 5.56 Å². The number of carbonyl (C=O) groups excluding carboxylic acids is 1. The highest BCUT2D eigenvalue weighted by atomic mass is 19.1. The van der Waals surface area contributed by atoms with Crippen LogP contribution in [0.1, 0.15) is 59.3 Å². The average molecular weight is 526 g/mol. The van der Waals surface area contributed by atoms with E-state index >= 15 is 0 Å². The molecular formula is C32H32FN3O3. The van der Waals surface area contributed by atoms with Crippen molar-refractivity contribution in [2.24, 2.45) is 5.92 Å². The molecule has 5 rings (SSSR count). The quantitative estimate of drug-likeness (QED) is 0.272. The first kappa shape index (κ1) is 26.5. The number of nitrogens with zero attached hydrogens (tertiary/aromatic N) is 3. The Bertz CT molecular complexity index is 1470. The van der Waals surface area contributed by atoms with Gasteiger partial charge >= 0.3 is 5.97 Å². The lowest BCUT2D eigenvalue weighted by molar-refractivity contribution is -0.141. The molecule has 1 amide bonds. The number of fused-ring (bicyclic) bond motifs is 1. The first-order chi connectivity index (χ1) is 18.9. The summed E-state index contributed by atoms with van der Waals surface area (Å²) >= 11 is 0. The van der Waals surface area contributed by atoms with Gasteiger partial charge in [0.1, 0.15) is 6.67 Å². The minimum Gasteiger partial charge on any atom is -0.481 e. The van der Waals surface area contributed by atoms with Gasteiger partial charge in [0.15, 0.2) is 0 Å². The second-order valence-corrected chi connectivity index (χ2v) is 10.3. The number of carbonyl (C=O) groups is 2. The summed E-state index contributed by atoms with van der Waals surface area (Å²) in [7, 11) is 0. The second kappa shape index (κ2) is 11.7. The number of halogens is 1. The van der Waals surface area contributed by atoms with Gasteiger partial charge in [-0.2, -0.15) is 0 Å². The van der Waals surface area contributed by atoms with Crippen molar-refractivity contribution in [2.45, 2.75) is 45.2 Å². The van der Waals surface area contributed by atoms with E-state index in [2.05, 4.69) is 12.1 Å². The molecular weight excluding hydrogens is 493 g/mol. The SMILES string of the molecule is CC(CCCc1nc2cc(C(=O)N3CC[C@H](c4ccccc4)C3)ccc2nc1-c1ccc(CF)cc1)C(=O)O. The van der Waals surface area contributed by atoms with Crippen LogP contribution in [-0.2, 0) is 17.9 Å². The molecule has 1 aromatic heterocycles. The number of aromatic nitrogens is 2. The lowest BCUT2D eigenvalue weighted by Crippen LogP contribution is -2.28. The highest BCUT2D eigenvalue weighted by Crippen LogP contribution is 2.30. The summed E-state index contributed by atoms with van der Waals surface area (Å²) in [5.74, 6) is -0.947. The molecule has 0 bridgehead atoms. The number of likely N-dealkylation sites (tertiary alicyclic amines) is 1. The van der Waals surface area contributed by atoms with Crippen LogP contribution in [0.25, 0.3) is 22.3 Å². The molecule has 1 aliphatic rings. The normalized spacial score (nSPS) is 15.9. The summed E-state index contributed by atoms with van der Waals surface area (Å²) in [6.07, 6.45) is 2.64. The number of hydrogen-bond acceptors (Lipinski definition) is 4. The van der Waals surface area contributed by atoms with Crippen LogP contribution < -0.4 is 0 Å². The zero-order valence-electron chi connectivity index (χ0n) is 22.0. The molecule has 39 heavy (non-hydrogen) atoms. The molecule has 7 heteroatoms. The minimum atomic E-state index is -0.818. The third kappa shape index (κ3) is 5.98. The molecule has 4 aromatic rings. The molecule has 0 saturated carbocycles. The van der Waals surface area contributed by atoms with E-state index in [9.17, 15) is 19.1 Å². The maximum absolute atomic E-state index is 13.4. The first-order valence-corrected chi connectivity index (χ1v) is 13.5. The summed E-state index contributed by atoms with van der Waals surface area (Å²) < 4.78 is 13.1. The Balaban J connectivity index is 1.42. The van der Waals surface area contributed by atoms with Crippen LogP contribution >= 0.6 is 0 Å². The largest absolute Gasteiger partial charge is 0.481 e. The van der Waals surface area contributed by atoms with E-state index in [-0.39, 0.29) is 5.91 Å². The van der Waals surface area contributed by atoms with E-state index in [1.54, 1.807) is 31.2 Å². The fourth-order valence-corrected chi connectivity index (χ4v) is 5.20. The predicted molar refractivity (Wildman–Crippen MR) is 149 cm³/mol. The number of benzene rings is 3. The van der Waals surface area contributed by atoms with Gasteiger partial charge in [-0.3, -0.25) is 9.59 Å². The molecule has 2 heterocycles. The smallest absolute Gasteiger partial charge is 0.306 e. The standard InChI is InChI=1S/C32H32FN3O3/c1-21(32(38)39)6-5-9-28-30(24-12-10-22(19-33)11-13-24)35-27-15-14-25(18-29(27)34-28)31(37)36-17-16-26(20-36)23-7-3-2-4-8-23/h2-4,7-8,10-15,18,21,26H,5-6,9,16-17,19-20H2,1H3,(H,38,39)/t21?,26-/m0/s1. The number of hydrogen-bond donors (Lipinski definition) is 1. The molecule has 0 aliphatic carbocycles. The van der Waals surface area contributed by atoms with E-state index in [1.807, 2.05) is 41.3 Å². The van der Waals surface area contributed by atoms with Crippen molar-refractivity contribution in [3.63, 3.8) is 0 Å². The number of alkyl halides is 1. The van der Waals surface area contributed by atoms with Gasteiger partial charge < -0.3 is 10.0 Å². The highest BCUT2D eigenvalue weighted by molar-refractivity contribution is 5.97. The van der Waals surface area contributed by atoms with E-state index < -0.39 is 18.6 Å². The van der Waals surface area contributed by atoms with Gasteiger partial charge in [-0.25, -0.2) is 14.4 Å². The van der Waals surface area contributed by atoms with Crippen molar-refractivity contribution in [2.75, 3.05) is 13.1 Å². The van der Waals surface area contributed by atoms with E-state index in [0.29, 0.717) is 66.1 Å². The highest BCUT2D eigenvalue weighted by Gasteiger charge is 2.28. The second-order valence-electron chi connectivity index (χ2n) is 10.3. The van der Waals surface area contributed by atoms with Gasteiger partial charge in [-0.05, 0) is 55.0 Å². The van der Waals surface area contributed by atoms with E-state index in [4.69, 9.17) is 9.97 Å². The minimum absolute atomic E-state index is 0.0140. The fraction of sp³-hybridized carbons (Fsp3) is 0.312. The van der Waals surface area contributed by atoms with Crippen molar-refractivity contribution < 1.29 is 19.1 Å². The molecule has 1 aliphatic heterocycles. The van der Waals surface area contributed by atoms with Gasteiger partial charge in [-0.15, -0.1) is 0 Å². The Morgan fingerprint density at radius 2 is 1.79 bits per heavy atom. The summed E-state index contributed by atoms with van der Waals surface area (Å²) in [6, 6.07) is 22.9. The fourth-order valence-electron chi connectivity index (χ4n) is 5.20. The Morgan fingerprint density at radius 3 is 2.51 bits per heavy atom. The van der Waals surface area contributed by atoms with Crippen LogP contribution in [-0.4, -0.2) is 44.9 Å². The van der Waals surface area contributed by atoms with Crippen molar-refractivity contribution in [1.29, 1.82) is 0 Å². The molecule has 1 N–H and O–H groups in total. The monoisotopic (exact) mass is 525 g/mol. The Morgan fingerprint density at radius 1 is 1.03 bits per heavy atom. The lowest BCUT2D eigenvalue weighted by Gasteiger charge is -2.17. The van der Waals surface area contributed by atoms with Crippen LogP contribution in [0.15, 0.2) is 72.8 Å². The molecule has 3 aromatic carbocycles. The van der Waals surface area contributed by atoms with Crippen LogP contribution in [0.2, 0.25) is 0 Å². The average Bonchev–Trinajstić information content (AvgIpc) is 3.47. The van der Waals surface area contributed by atoms with Crippen LogP contribution in [0, 0.1) is 5.92 Å². The third-order valence-electron chi connectivity index (χ3n) is 7.58. The van der Waals surface area contributed by atoms with Crippen molar-refractivity contribution in [3.8, 4) is 11.3 Å². The zero-order valence-corrected chi connectivity index (χ0v) is 22.0. The number of aliphatic carboxylic acids is 1. The molecule has 2 atom stereocenters. The number of aryl methyl sites for hydroxylation is 1. The van der Waals surface area contributed by atoms with Gasteiger partial charge in [0, 0.05) is 30.1 Å². The third-order valence-corrected chi connectivity index (χ3v) is 7.58. The molecule has 1 saturated heterocycles. The molecule has 6 nitrogen and oxygen atoms in total. The van der Waals surface area contributed by atoms with Crippen LogP contribution in [0.5, 0.6) is 0 Å². The molecule has 200 valence electrons. The number of carboxylic acid groups (broad SMARTS) is 1. The lowest BCUT2D eigenvalue weighted by atomic mass is 9.99. The summed E-state index contributed by atoms with van der Waals surface area (Å²) in [6.45, 7) is 2.56. The number of carboxylic acids is 1. The number of rotatable bonds is 9. The number of amides is 1. The van der Waals surface area contributed by atoms with Gasteiger partial charge in [0.05, 0.1) is 28.3 Å². The van der Waals surface area contributed by atoms with Gasteiger partial charge in [0.25, 0.3) is 5.91 Å². The zero-order chi connectivity index (χ0) is 27.4. The van der Waals surface area contributed by atoms with Crippen molar-refractivity contribution in [3.05, 3.63) is 95.2 Å². The van der Waals surface area contributed by atoms with Crippen molar-refractivity contribution >= 4 is 22.9 Å². The molecule has 1 fully saturated rings. The van der Waals surface area contributed by atoms with Crippen LogP contribution in [0.4, 0.5) is 4.39 Å². The van der Waals surface area contributed by atoms with Gasteiger partial charge in [-0.1, -0.05) is 61.5 Å². The summed E-state index contributed by atoms with van der Waals surface area (Å²) in [4.78, 5) is 36.4. The Kier molecular flexibility index (Phi) is 7.96. The summed E-state index contributed by atoms with van der Waals surface area (Å²) in [5.41, 5.74) is 5.98. The predicted octanol–water partition coefficient (Wildman–Crippen LogP) is 6.44. The molecule has 0 spiro atoms. The molecule has 1 unspecified atom stereocenters.